The predicted octanol–water partition coefficient (Wildman–Crippen LogP) is 6.61. The predicted molar refractivity (Wildman–Crippen MR) is 260 cm³/mol. The summed E-state index contributed by atoms with van der Waals surface area (Å²) in [5.41, 5.74) is 3.22. The lowest BCUT2D eigenvalue weighted by molar-refractivity contribution is -0.367. The maximum atomic E-state index is 12.3. The molecule has 3 aromatic rings. The van der Waals surface area contributed by atoms with E-state index >= 15 is 0 Å². The Morgan fingerprint density at radius 1 is 0.479 bits per heavy atom. The van der Waals surface area contributed by atoms with Crippen LogP contribution in [0.1, 0.15) is 72.1 Å². The molecule has 4 fully saturated rings. The summed E-state index contributed by atoms with van der Waals surface area (Å²) < 4.78 is 72.4. The Morgan fingerprint density at radius 3 is 1.37 bits per heavy atom. The molecule has 4 aliphatic rings. The molecule has 0 amide bonds. The van der Waals surface area contributed by atoms with Gasteiger partial charge in [-0.1, -0.05) is 139 Å². The molecule has 7 rings (SSSR count). The van der Waals surface area contributed by atoms with Crippen molar-refractivity contribution in [2.45, 2.75) is 155 Å². The van der Waals surface area contributed by atoms with Crippen LogP contribution in [0.2, 0.25) is 0 Å². The number of ether oxygens (including phenoxy) is 11. The number of hydrogen-bond donors (Lipinski definition) is 1. The third-order valence-corrected chi connectivity index (χ3v) is 15.1. The summed E-state index contributed by atoms with van der Waals surface area (Å²) in [6.45, 7) is 16.7. The van der Waals surface area contributed by atoms with Gasteiger partial charge in [0.05, 0.1) is 49.8 Å². The normalized spacial score (nSPS) is 36.2. The summed E-state index contributed by atoms with van der Waals surface area (Å²) >= 11 is 0. The Bertz CT molecular complexity index is 2110. The van der Waals surface area contributed by atoms with Gasteiger partial charge >= 0.3 is 18.3 Å². The molecule has 4 aliphatic heterocycles. The van der Waals surface area contributed by atoms with Gasteiger partial charge in [-0.2, -0.15) is 19.2 Å². The Kier molecular flexibility index (Phi) is 24.0. The van der Waals surface area contributed by atoms with E-state index in [1.54, 1.807) is 14.2 Å². The van der Waals surface area contributed by atoms with Crippen molar-refractivity contribution < 1.29 is 81.2 Å². The highest BCUT2D eigenvalue weighted by atomic mass is 16.8. The Hall–Kier alpha value is -4.55. The van der Waals surface area contributed by atoms with E-state index in [9.17, 15) is 9.90 Å². The Labute approximate surface area is 429 Å². The van der Waals surface area contributed by atoms with Crippen LogP contribution in [0.3, 0.4) is 0 Å². The van der Waals surface area contributed by atoms with Gasteiger partial charge in [-0.25, -0.2) is 0 Å². The van der Waals surface area contributed by atoms with Gasteiger partial charge in [0.2, 0.25) is 0 Å². The summed E-state index contributed by atoms with van der Waals surface area (Å²) in [4.78, 5) is 44.8. The van der Waals surface area contributed by atoms with E-state index in [0.717, 1.165) is 16.7 Å². The molecule has 8 unspecified atom stereocenters. The number of methoxy groups -OCH3 is 2. The van der Waals surface area contributed by atoms with Crippen molar-refractivity contribution in [2.75, 3.05) is 27.4 Å². The zero-order valence-corrected chi connectivity index (χ0v) is 43.7. The summed E-state index contributed by atoms with van der Waals surface area (Å²) in [6.07, 6.45) is -5.64. The molecular weight excluding hydrogens is 945 g/mol. The van der Waals surface area contributed by atoms with E-state index in [1.807, 2.05) is 92.7 Å². The average molecular weight is 1020 g/mol. The first-order valence-corrected chi connectivity index (χ1v) is 25.2. The molecule has 4 heterocycles. The summed E-state index contributed by atoms with van der Waals surface area (Å²) in [5.74, 6) is -1.19. The second-order valence-electron chi connectivity index (χ2n) is 19.8. The Morgan fingerprint density at radius 2 is 0.877 bits per heavy atom. The van der Waals surface area contributed by atoms with Crippen molar-refractivity contribution in [3.8, 4) is 0 Å². The molecule has 0 aliphatic carbocycles. The number of carbonyl (C=O) groups excluding carboxylic acids is 5. The number of aliphatic hydroxyl groups excluding tert-OH is 1. The second-order valence-corrected chi connectivity index (χ2v) is 19.8. The van der Waals surface area contributed by atoms with E-state index in [0.29, 0.717) is 26.1 Å². The molecule has 402 valence electrons. The largest absolute Gasteiger partial charge is 0.463 e. The minimum absolute atomic E-state index is 0.0342. The fourth-order valence-electron chi connectivity index (χ4n) is 10.3. The number of esters is 1. The first kappa shape index (κ1) is 59.3. The highest BCUT2D eigenvalue weighted by Gasteiger charge is 2.53. The van der Waals surface area contributed by atoms with Crippen LogP contribution in [0.4, 0.5) is 0 Å². The first-order valence-electron chi connectivity index (χ1n) is 25.2. The van der Waals surface area contributed by atoms with Crippen LogP contribution in [-0.2, 0) is 95.5 Å². The fourth-order valence-corrected chi connectivity index (χ4v) is 10.3. The summed E-state index contributed by atoms with van der Waals surface area (Å²) in [7, 11) is 3.37. The SMILES string of the molecule is COC1C(C)[C@H](O[C@@H]2C(COCc3ccccc3)O[C@H](OC)C(C)[C@H]2C)O[C@@H](Cc2ccccc2)[C@H]1O[C@H]1O[C@@H](COC(C)=O)[C@@H](O[C@@H]2OC(Cc3ccccc3)[C@@H](O)[C@H](C)C2C)C(C)C1C.O=C=O.O=C=O. The third kappa shape index (κ3) is 16.0. The van der Waals surface area contributed by atoms with Gasteiger partial charge in [0.15, 0.2) is 25.2 Å². The van der Waals surface area contributed by atoms with Gasteiger partial charge in [0.1, 0.15) is 24.9 Å². The molecule has 17 heteroatoms. The third-order valence-electron chi connectivity index (χ3n) is 15.1. The molecular formula is C56H76O17. The van der Waals surface area contributed by atoms with Crippen molar-refractivity contribution >= 4 is 18.3 Å². The lowest BCUT2D eigenvalue weighted by Crippen LogP contribution is -2.62. The zero-order chi connectivity index (χ0) is 53.2. The van der Waals surface area contributed by atoms with Gasteiger partial charge in [0, 0.05) is 57.7 Å². The molecule has 0 radical (unpaired) electrons. The van der Waals surface area contributed by atoms with E-state index < -0.39 is 80.0 Å². The molecule has 1 N–H and O–H groups in total. The second kappa shape index (κ2) is 29.5. The summed E-state index contributed by atoms with van der Waals surface area (Å²) in [6, 6.07) is 30.3. The molecule has 3 aromatic carbocycles. The quantitative estimate of drug-likeness (QED) is 0.133. The molecule has 4 saturated heterocycles. The molecule has 20 atom stereocenters. The van der Waals surface area contributed by atoms with Crippen molar-refractivity contribution in [1.82, 2.24) is 0 Å². The average Bonchev–Trinajstić information content (AvgIpc) is 3.38. The first-order chi connectivity index (χ1) is 35.1. The van der Waals surface area contributed by atoms with Crippen molar-refractivity contribution in [3.05, 3.63) is 108 Å². The van der Waals surface area contributed by atoms with Gasteiger partial charge in [-0.15, -0.1) is 0 Å². The van der Waals surface area contributed by atoms with E-state index in [1.165, 1.54) is 6.92 Å². The maximum Gasteiger partial charge on any atom is 0.373 e. The monoisotopic (exact) mass is 1020 g/mol. The molecule has 0 bridgehead atoms. The number of carbonyl (C=O) groups is 1. The highest BCUT2D eigenvalue weighted by molar-refractivity contribution is 5.65. The topological polar surface area (TPSA) is 207 Å². The highest BCUT2D eigenvalue weighted by Crippen LogP contribution is 2.43. The van der Waals surface area contributed by atoms with Gasteiger partial charge in [-0.05, 0) is 34.4 Å². The van der Waals surface area contributed by atoms with Crippen molar-refractivity contribution in [2.24, 2.45) is 41.4 Å². The number of hydrogen-bond acceptors (Lipinski definition) is 17. The van der Waals surface area contributed by atoms with Gasteiger partial charge < -0.3 is 57.2 Å². The lowest BCUT2D eigenvalue weighted by atomic mass is 9.81. The van der Waals surface area contributed by atoms with Crippen LogP contribution in [-0.4, -0.2) is 131 Å². The summed E-state index contributed by atoms with van der Waals surface area (Å²) in [5, 5.41) is 11.3. The standard InChI is InChI=1S/C54H76O13.2CO2/c1-31-34(4)52(61-42(46(31)56)26-39-20-14-11-15-21-39)65-48-33(3)36(6)53(64-45(48)30-60-38(8)55)67-50-43(27-40-22-16-12-17-23-40)62-54(37(7)49(50)57-9)66-47-32(2)35(5)51(58-10)63-44(47)29-59-28-41-24-18-13-19-25-41;2*2-1-3/h11-25,31-37,42-54,56H,26-30H2,1-10H3;;/t31-,32-,33?,34?,35?,36?,37?,42?,43+,44?,45+,46+,47+,48+,49?,50-,51+,52+,53-,54+;;/m1../s1. The maximum absolute atomic E-state index is 12.3. The minimum atomic E-state index is -0.745. The van der Waals surface area contributed by atoms with Crippen LogP contribution in [0.5, 0.6) is 0 Å². The number of aliphatic hydroxyl groups is 1. The molecule has 17 nitrogen and oxygen atoms in total. The molecule has 0 aromatic heterocycles. The van der Waals surface area contributed by atoms with Crippen molar-refractivity contribution in [3.63, 3.8) is 0 Å². The van der Waals surface area contributed by atoms with Crippen molar-refractivity contribution in [1.29, 1.82) is 0 Å². The number of rotatable bonds is 18. The molecule has 0 spiro atoms. The fraction of sp³-hybridized carbons (Fsp3) is 0.625. The van der Waals surface area contributed by atoms with E-state index in [4.69, 9.17) is 71.3 Å². The van der Waals surface area contributed by atoms with Crippen LogP contribution in [0.25, 0.3) is 0 Å². The lowest BCUT2D eigenvalue weighted by Gasteiger charge is -2.51. The minimum Gasteiger partial charge on any atom is -0.463 e. The number of benzene rings is 3. The van der Waals surface area contributed by atoms with Crippen LogP contribution in [0.15, 0.2) is 91.0 Å². The smallest absolute Gasteiger partial charge is 0.373 e. The van der Waals surface area contributed by atoms with Gasteiger partial charge in [0.25, 0.3) is 0 Å². The van der Waals surface area contributed by atoms with E-state index in [2.05, 4.69) is 46.8 Å². The van der Waals surface area contributed by atoms with Gasteiger partial charge in [-0.3, -0.25) is 4.79 Å². The van der Waals surface area contributed by atoms with Crippen LogP contribution >= 0.6 is 0 Å². The zero-order valence-electron chi connectivity index (χ0n) is 43.7. The van der Waals surface area contributed by atoms with E-state index in [-0.39, 0.29) is 66.4 Å². The molecule has 0 saturated carbocycles. The molecule has 73 heavy (non-hydrogen) atoms. The van der Waals surface area contributed by atoms with Crippen LogP contribution < -0.4 is 0 Å². The van der Waals surface area contributed by atoms with Crippen LogP contribution in [0, 0.1) is 41.4 Å². The Balaban J connectivity index is 0.00000157.